The highest BCUT2D eigenvalue weighted by Crippen LogP contribution is 2.24. The number of nitrogens with one attached hydrogen (secondary N) is 1. The van der Waals surface area contributed by atoms with Crippen molar-refractivity contribution in [1.82, 2.24) is 15.5 Å². The first-order valence-corrected chi connectivity index (χ1v) is 7.19. The molecule has 1 aliphatic heterocycles. The van der Waals surface area contributed by atoms with Gasteiger partial charge in [0.05, 0.1) is 6.04 Å². The number of rotatable bonds is 3. The third-order valence-corrected chi connectivity index (χ3v) is 4.31. The molecule has 0 bridgehead atoms. The van der Waals surface area contributed by atoms with Gasteiger partial charge in [-0.2, -0.15) is 4.98 Å². The average molecular weight is 245 g/mol. The van der Waals surface area contributed by atoms with Crippen LogP contribution >= 0.6 is 0 Å². The Morgan fingerprint density at radius 3 is 2.88 bits per heavy atom. The number of sulfone groups is 1. The highest BCUT2D eigenvalue weighted by molar-refractivity contribution is 7.90. The second-order valence-electron chi connectivity index (χ2n) is 4.11. The molecule has 0 aromatic carbocycles. The topological polar surface area (TPSA) is 85.1 Å². The van der Waals surface area contributed by atoms with Crippen LogP contribution in [0, 0.1) is 0 Å². The fourth-order valence-corrected chi connectivity index (χ4v) is 2.10. The Morgan fingerprint density at radius 1 is 1.56 bits per heavy atom. The van der Waals surface area contributed by atoms with Crippen LogP contribution in [0.4, 0.5) is 0 Å². The minimum atomic E-state index is -3.18. The smallest absolute Gasteiger partial charge is 0.244 e. The Bertz CT molecular complexity index is 462. The van der Waals surface area contributed by atoms with Crippen LogP contribution in [-0.2, 0) is 9.84 Å². The zero-order valence-corrected chi connectivity index (χ0v) is 10.1. The van der Waals surface area contributed by atoms with Crippen molar-refractivity contribution in [2.75, 3.05) is 12.8 Å². The summed E-state index contributed by atoms with van der Waals surface area (Å²) in [4.78, 5) is 4.14. The van der Waals surface area contributed by atoms with Crippen molar-refractivity contribution in [2.24, 2.45) is 0 Å². The quantitative estimate of drug-likeness (QED) is 0.839. The van der Waals surface area contributed by atoms with Crippen molar-refractivity contribution in [2.45, 2.75) is 31.1 Å². The number of hydrogen-bond donors (Lipinski definition) is 1. The van der Waals surface area contributed by atoms with E-state index in [1.165, 1.54) is 0 Å². The van der Waals surface area contributed by atoms with Gasteiger partial charge in [-0.3, -0.25) is 0 Å². The Balaban J connectivity index is 2.19. The van der Waals surface area contributed by atoms with Crippen LogP contribution in [0.1, 0.15) is 42.8 Å². The molecule has 2 rings (SSSR count). The van der Waals surface area contributed by atoms with E-state index in [0.717, 1.165) is 25.6 Å². The minimum Gasteiger partial charge on any atom is -0.338 e. The van der Waals surface area contributed by atoms with E-state index in [4.69, 9.17) is 4.52 Å². The summed E-state index contributed by atoms with van der Waals surface area (Å²) < 4.78 is 27.6. The largest absolute Gasteiger partial charge is 0.338 e. The number of aromatic nitrogens is 2. The molecule has 2 heterocycles. The van der Waals surface area contributed by atoms with E-state index in [2.05, 4.69) is 15.5 Å². The molecule has 1 N–H and O–H groups in total. The van der Waals surface area contributed by atoms with Gasteiger partial charge in [-0.1, -0.05) is 5.16 Å². The van der Waals surface area contributed by atoms with E-state index in [-0.39, 0.29) is 11.9 Å². The highest BCUT2D eigenvalue weighted by atomic mass is 32.2. The molecule has 0 saturated carbocycles. The summed E-state index contributed by atoms with van der Waals surface area (Å²) in [6.45, 7) is 2.49. The van der Waals surface area contributed by atoms with Gasteiger partial charge < -0.3 is 9.84 Å². The summed E-state index contributed by atoms with van der Waals surface area (Å²) in [7, 11) is -3.18. The molecule has 1 aliphatic rings. The third-order valence-electron chi connectivity index (χ3n) is 2.82. The molecule has 0 radical (unpaired) electrons. The maximum atomic E-state index is 11.3. The lowest BCUT2D eigenvalue weighted by atomic mass is 10.2. The lowest BCUT2D eigenvalue weighted by Crippen LogP contribution is -2.14. The van der Waals surface area contributed by atoms with Gasteiger partial charge in [0.2, 0.25) is 5.89 Å². The monoisotopic (exact) mass is 245 g/mol. The van der Waals surface area contributed by atoms with E-state index in [1.807, 2.05) is 0 Å². The van der Waals surface area contributed by atoms with Crippen molar-refractivity contribution >= 4 is 9.84 Å². The fraction of sp³-hybridized carbons (Fsp3) is 0.778. The Morgan fingerprint density at radius 2 is 2.31 bits per heavy atom. The predicted octanol–water partition coefficient (Wildman–Crippen LogP) is 0.600. The first kappa shape index (κ1) is 11.5. The van der Waals surface area contributed by atoms with Crippen LogP contribution in [0.5, 0.6) is 0 Å². The SMILES string of the molecule is CC(c1nc(C2CCCN2)no1)S(C)(=O)=O. The molecule has 16 heavy (non-hydrogen) atoms. The summed E-state index contributed by atoms with van der Waals surface area (Å²) in [5.74, 6) is 0.731. The van der Waals surface area contributed by atoms with E-state index in [1.54, 1.807) is 6.92 Å². The summed E-state index contributed by atoms with van der Waals surface area (Å²) in [5, 5.41) is 6.31. The van der Waals surface area contributed by atoms with Gasteiger partial charge in [0.15, 0.2) is 15.7 Å². The van der Waals surface area contributed by atoms with Crippen LogP contribution in [0.15, 0.2) is 4.52 Å². The zero-order chi connectivity index (χ0) is 11.8. The minimum absolute atomic E-state index is 0.101. The lowest BCUT2D eigenvalue weighted by molar-refractivity contribution is 0.366. The molecule has 1 aromatic rings. The summed E-state index contributed by atoms with van der Waals surface area (Å²) >= 11 is 0. The molecule has 1 aromatic heterocycles. The Kier molecular flexibility index (Phi) is 2.98. The molecule has 0 spiro atoms. The number of nitrogens with zero attached hydrogens (tertiary/aromatic N) is 2. The summed E-state index contributed by atoms with van der Waals surface area (Å²) in [6.07, 6.45) is 3.21. The van der Waals surface area contributed by atoms with Gasteiger partial charge in [-0.15, -0.1) is 0 Å². The first-order valence-electron chi connectivity index (χ1n) is 5.24. The fourth-order valence-electron chi connectivity index (χ4n) is 1.64. The second-order valence-corrected chi connectivity index (χ2v) is 6.48. The second kappa shape index (κ2) is 4.14. The molecule has 90 valence electrons. The normalized spacial score (nSPS) is 23.5. The maximum Gasteiger partial charge on any atom is 0.244 e. The molecule has 7 heteroatoms. The van der Waals surface area contributed by atoms with Crippen molar-refractivity contribution in [3.63, 3.8) is 0 Å². The molecule has 6 nitrogen and oxygen atoms in total. The molecule has 2 atom stereocenters. The first-order chi connectivity index (χ1) is 7.48. The van der Waals surface area contributed by atoms with Crippen molar-refractivity contribution in [3.05, 3.63) is 11.7 Å². The Hall–Kier alpha value is -0.950. The lowest BCUT2D eigenvalue weighted by Gasteiger charge is -2.03. The molecule has 0 amide bonds. The molecular weight excluding hydrogens is 230 g/mol. The molecule has 1 fully saturated rings. The van der Waals surface area contributed by atoms with Crippen LogP contribution < -0.4 is 5.32 Å². The average Bonchev–Trinajstić information content (AvgIpc) is 2.85. The highest BCUT2D eigenvalue weighted by Gasteiger charge is 2.27. The standard InChI is InChI=1S/C9H15N3O3S/c1-6(16(2,13)14)9-11-8(12-15-9)7-4-3-5-10-7/h6-7,10H,3-5H2,1-2H3. The van der Waals surface area contributed by atoms with Gasteiger partial charge in [0, 0.05) is 6.26 Å². The van der Waals surface area contributed by atoms with Gasteiger partial charge in [0.25, 0.3) is 0 Å². The summed E-state index contributed by atoms with van der Waals surface area (Å²) in [5.41, 5.74) is 0. The van der Waals surface area contributed by atoms with E-state index in [9.17, 15) is 8.42 Å². The van der Waals surface area contributed by atoms with Gasteiger partial charge in [-0.05, 0) is 26.3 Å². The zero-order valence-electron chi connectivity index (χ0n) is 9.30. The van der Waals surface area contributed by atoms with E-state index >= 15 is 0 Å². The number of hydrogen-bond acceptors (Lipinski definition) is 6. The van der Waals surface area contributed by atoms with Crippen LogP contribution in [-0.4, -0.2) is 31.4 Å². The van der Waals surface area contributed by atoms with Crippen molar-refractivity contribution in [3.8, 4) is 0 Å². The maximum absolute atomic E-state index is 11.3. The van der Waals surface area contributed by atoms with Gasteiger partial charge >= 0.3 is 0 Å². The molecule has 1 saturated heterocycles. The molecular formula is C9H15N3O3S. The van der Waals surface area contributed by atoms with E-state index in [0.29, 0.717) is 5.82 Å². The van der Waals surface area contributed by atoms with Crippen LogP contribution in [0.2, 0.25) is 0 Å². The third kappa shape index (κ3) is 2.25. The van der Waals surface area contributed by atoms with Gasteiger partial charge in [0.1, 0.15) is 5.25 Å². The predicted molar refractivity (Wildman–Crippen MR) is 57.5 cm³/mol. The van der Waals surface area contributed by atoms with E-state index < -0.39 is 15.1 Å². The molecule has 2 unspecified atom stereocenters. The van der Waals surface area contributed by atoms with Crippen molar-refractivity contribution in [1.29, 1.82) is 0 Å². The van der Waals surface area contributed by atoms with Gasteiger partial charge in [-0.25, -0.2) is 8.42 Å². The van der Waals surface area contributed by atoms with Crippen molar-refractivity contribution < 1.29 is 12.9 Å². The summed E-state index contributed by atoms with van der Waals surface area (Å²) in [6, 6.07) is 0.101. The van der Waals surface area contributed by atoms with Crippen LogP contribution in [0.25, 0.3) is 0 Å². The molecule has 0 aliphatic carbocycles. The van der Waals surface area contributed by atoms with Crippen LogP contribution in [0.3, 0.4) is 0 Å². The Labute approximate surface area is 94.3 Å².